The van der Waals surface area contributed by atoms with E-state index in [-0.39, 0.29) is 17.4 Å². The molecule has 32 heavy (non-hydrogen) atoms. The summed E-state index contributed by atoms with van der Waals surface area (Å²) in [6.45, 7) is 0.794. The topological polar surface area (TPSA) is 95.1 Å². The minimum absolute atomic E-state index is 0.110. The summed E-state index contributed by atoms with van der Waals surface area (Å²) >= 11 is 0. The third-order valence-corrected chi connectivity index (χ3v) is 5.47. The van der Waals surface area contributed by atoms with Crippen LogP contribution in [0.3, 0.4) is 0 Å². The van der Waals surface area contributed by atoms with Gasteiger partial charge in [-0.3, -0.25) is 10.1 Å². The highest BCUT2D eigenvalue weighted by molar-refractivity contribution is 5.97. The molecule has 2 aromatic carbocycles. The van der Waals surface area contributed by atoms with Crippen molar-refractivity contribution in [2.45, 2.75) is 13.0 Å². The van der Waals surface area contributed by atoms with Gasteiger partial charge in [0.15, 0.2) is 0 Å². The summed E-state index contributed by atoms with van der Waals surface area (Å²) in [6.07, 6.45) is 6.69. The van der Waals surface area contributed by atoms with Gasteiger partial charge in [0, 0.05) is 53.5 Å². The summed E-state index contributed by atoms with van der Waals surface area (Å²) in [4.78, 5) is 19.3. The molecule has 3 heterocycles. The summed E-state index contributed by atoms with van der Waals surface area (Å²) in [5, 5.41) is 15.2. The van der Waals surface area contributed by atoms with Crippen molar-refractivity contribution < 1.29 is 14.1 Å². The van der Waals surface area contributed by atoms with Crippen molar-refractivity contribution in [3.8, 4) is 17.0 Å². The Bertz CT molecular complexity index is 1400. The maximum atomic E-state index is 14.0. The third kappa shape index (κ3) is 3.24. The number of hydrogen-bond acceptors (Lipinski definition) is 6. The lowest BCUT2D eigenvalue weighted by atomic mass is 10.0. The molecule has 0 bridgehead atoms. The number of halogens is 1. The quantitative estimate of drug-likeness (QED) is 0.271. The molecule has 0 saturated carbocycles. The van der Waals surface area contributed by atoms with E-state index in [1.165, 1.54) is 7.11 Å². The zero-order chi connectivity index (χ0) is 22.2. The number of ether oxygens (including phenoxy) is 1. The number of nitro benzene ring substituents is 1. The van der Waals surface area contributed by atoms with Crippen LogP contribution in [-0.4, -0.2) is 26.6 Å². The van der Waals surface area contributed by atoms with Crippen LogP contribution in [0.15, 0.2) is 60.8 Å². The Kier molecular flexibility index (Phi) is 4.78. The average molecular weight is 431 g/mol. The lowest BCUT2D eigenvalue weighted by Crippen LogP contribution is -2.06. The number of allylic oxidation sites excluding steroid dienone is 2. The van der Waals surface area contributed by atoms with Crippen LogP contribution in [0.1, 0.15) is 5.69 Å². The molecule has 5 rings (SSSR count). The van der Waals surface area contributed by atoms with E-state index in [0.717, 1.165) is 53.0 Å². The van der Waals surface area contributed by atoms with Crippen molar-refractivity contribution in [3.05, 3.63) is 82.4 Å². The first-order valence-electron chi connectivity index (χ1n) is 9.94. The standard InChI is InChI=1S/C23H18FN5O3/c1-32-21-12-15(24)20(29(30)31)13-17(21)27-23-25-10-9-16(26-23)22-14-6-2-3-7-18(14)28-11-5-4-8-19(22)28/h2-7,9-10,12-13H,8,11H2,1H3,(H,25,26,27). The molecule has 2 aromatic heterocycles. The van der Waals surface area contributed by atoms with Crippen molar-refractivity contribution in [1.82, 2.24) is 14.5 Å². The van der Waals surface area contributed by atoms with E-state index in [1.54, 1.807) is 6.20 Å². The van der Waals surface area contributed by atoms with Gasteiger partial charge in [0.05, 0.1) is 23.4 Å². The Morgan fingerprint density at radius 1 is 1.22 bits per heavy atom. The van der Waals surface area contributed by atoms with Crippen LogP contribution in [0.25, 0.3) is 22.2 Å². The van der Waals surface area contributed by atoms with Crippen LogP contribution in [0, 0.1) is 15.9 Å². The molecule has 1 aliphatic heterocycles. The Morgan fingerprint density at radius 2 is 2.06 bits per heavy atom. The molecule has 0 unspecified atom stereocenters. The van der Waals surface area contributed by atoms with Gasteiger partial charge in [0.1, 0.15) is 5.75 Å². The number of nitrogens with one attached hydrogen (secondary N) is 1. The van der Waals surface area contributed by atoms with Gasteiger partial charge in [0.25, 0.3) is 0 Å². The minimum atomic E-state index is -0.980. The monoisotopic (exact) mass is 431 g/mol. The van der Waals surface area contributed by atoms with E-state index in [2.05, 4.69) is 44.1 Å². The number of para-hydroxylation sites is 1. The SMILES string of the molecule is COc1cc(F)c([N+](=O)[O-])cc1Nc1nccc(-c2c3n(c4ccccc24)CC=CC3)n1. The second-order valence-electron chi connectivity index (χ2n) is 7.28. The van der Waals surface area contributed by atoms with Crippen LogP contribution in [0.2, 0.25) is 0 Å². The number of rotatable bonds is 5. The normalized spacial score (nSPS) is 12.6. The number of nitro groups is 1. The van der Waals surface area contributed by atoms with E-state index in [0.29, 0.717) is 0 Å². The molecule has 0 radical (unpaired) electrons. The van der Waals surface area contributed by atoms with Gasteiger partial charge >= 0.3 is 5.69 Å². The Labute approximate surface area is 182 Å². The van der Waals surface area contributed by atoms with Crippen molar-refractivity contribution in [2.75, 3.05) is 12.4 Å². The van der Waals surface area contributed by atoms with Crippen LogP contribution in [-0.2, 0) is 13.0 Å². The number of methoxy groups -OCH3 is 1. The van der Waals surface area contributed by atoms with E-state index < -0.39 is 16.4 Å². The molecule has 160 valence electrons. The van der Waals surface area contributed by atoms with Gasteiger partial charge in [0.2, 0.25) is 11.8 Å². The van der Waals surface area contributed by atoms with E-state index in [4.69, 9.17) is 4.74 Å². The highest BCUT2D eigenvalue weighted by Crippen LogP contribution is 2.37. The second kappa shape index (κ2) is 7.77. The van der Waals surface area contributed by atoms with Gasteiger partial charge < -0.3 is 14.6 Å². The van der Waals surface area contributed by atoms with Gasteiger partial charge in [-0.05, 0) is 12.1 Å². The van der Waals surface area contributed by atoms with Gasteiger partial charge in [-0.15, -0.1) is 0 Å². The number of benzene rings is 2. The number of aromatic nitrogens is 3. The van der Waals surface area contributed by atoms with Crippen molar-refractivity contribution in [2.24, 2.45) is 0 Å². The van der Waals surface area contributed by atoms with Crippen molar-refractivity contribution in [3.63, 3.8) is 0 Å². The molecule has 0 fully saturated rings. The third-order valence-electron chi connectivity index (χ3n) is 5.47. The number of fused-ring (bicyclic) bond motifs is 3. The predicted molar refractivity (Wildman–Crippen MR) is 119 cm³/mol. The highest BCUT2D eigenvalue weighted by atomic mass is 19.1. The van der Waals surface area contributed by atoms with Gasteiger partial charge in [-0.1, -0.05) is 30.4 Å². The number of nitrogens with zero attached hydrogens (tertiary/aromatic N) is 4. The van der Waals surface area contributed by atoms with Gasteiger partial charge in [-0.25, -0.2) is 9.97 Å². The van der Waals surface area contributed by atoms with Crippen molar-refractivity contribution >= 4 is 28.2 Å². The molecule has 0 aliphatic carbocycles. The lowest BCUT2D eigenvalue weighted by Gasteiger charge is -2.13. The minimum Gasteiger partial charge on any atom is -0.494 e. The zero-order valence-corrected chi connectivity index (χ0v) is 17.1. The molecule has 0 amide bonds. The summed E-state index contributed by atoms with van der Waals surface area (Å²) < 4.78 is 21.4. The Hall–Kier alpha value is -4.27. The molecule has 1 N–H and O–H groups in total. The second-order valence-corrected chi connectivity index (χ2v) is 7.28. The van der Waals surface area contributed by atoms with Crippen LogP contribution >= 0.6 is 0 Å². The predicted octanol–water partition coefficient (Wildman–Crippen LogP) is 5.01. The fourth-order valence-electron chi connectivity index (χ4n) is 4.07. The summed E-state index contributed by atoms with van der Waals surface area (Å²) in [7, 11) is 1.36. The summed E-state index contributed by atoms with van der Waals surface area (Å²) in [5.74, 6) is -0.650. The van der Waals surface area contributed by atoms with E-state index in [9.17, 15) is 14.5 Å². The molecular weight excluding hydrogens is 413 g/mol. The molecule has 0 saturated heterocycles. The Balaban J connectivity index is 1.60. The molecule has 0 atom stereocenters. The summed E-state index contributed by atoms with van der Waals surface area (Å²) in [6, 6.07) is 12.0. The highest BCUT2D eigenvalue weighted by Gasteiger charge is 2.22. The van der Waals surface area contributed by atoms with E-state index >= 15 is 0 Å². The molecule has 0 spiro atoms. The largest absolute Gasteiger partial charge is 0.494 e. The maximum absolute atomic E-state index is 14.0. The van der Waals surface area contributed by atoms with Gasteiger partial charge in [-0.2, -0.15) is 4.39 Å². The molecule has 9 heteroatoms. The fraction of sp³-hybridized carbons (Fsp3) is 0.130. The first kappa shape index (κ1) is 19.7. The van der Waals surface area contributed by atoms with Crippen LogP contribution in [0.5, 0.6) is 5.75 Å². The summed E-state index contributed by atoms with van der Waals surface area (Å²) in [5.41, 5.74) is 3.57. The average Bonchev–Trinajstić information content (AvgIpc) is 3.14. The first-order valence-corrected chi connectivity index (χ1v) is 9.94. The number of hydrogen-bond donors (Lipinski definition) is 1. The van der Waals surface area contributed by atoms with Crippen LogP contribution < -0.4 is 10.1 Å². The van der Waals surface area contributed by atoms with Crippen molar-refractivity contribution in [1.29, 1.82) is 0 Å². The number of anilines is 2. The van der Waals surface area contributed by atoms with Crippen LogP contribution in [0.4, 0.5) is 21.7 Å². The zero-order valence-electron chi connectivity index (χ0n) is 17.1. The smallest absolute Gasteiger partial charge is 0.307 e. The lowest BCUT2D eigenvalue weighted by molar-refractivity contribution is -0.387. The molecule has 4 aromatic rings. The first-order chi connectivity index (χ1) is 15.6. The molecular formula is C23H18FN5O3. The Morgan fingerprint density at radius 3 is 2.88 bits per heavy atom. The fourth-order valence-corrected chi connectivity index (χ4v) is 4.07. The molecule has 8 nitrogen and oxygen atoms in total. The molecule has 1 aliphatic rings. The van der Waals surface area contributed by atoms with E-state index in [1.807, 2.05) is 18.2 Å². The maximum Gasteiger partial charge on any atom is 0.307 e.